The average molecular weight is 285 g/mol. The van der Waals surface area contributed by atoms with Gasteiger partial charge in [-0.3, -0.25) is 9.89 Å². The number of aromatic nitrogens is 2. The van der Waals surface area contributed by atoms with Crippen LogP contribution in [0, 0.1) is 6.92 Å². The number of benzene rings is 1. The summed E-state index contributed by atoms with van der Waals surface area (Å²) >= 11 is 0. The molecule has 0 aliphatic carbocycles. The Balaban J connectivity index is 1.74. The normalized spacial score (nSPS) is 12.5. The van der Waals surface area contributed by atoms with Crippen molar-refractivity contribution in [2.75, 3.05) is 6.54 Å². The van der Waals surface area contributed by atoms with Gasteiger partial charge in [-0.25, -0.2) is 0 Å². The van der Waals surface area contributed by atoms with Crippen molar-refractivity contribution in [3.8, 4) is 0 Å². The van der Waals surface area contributed by atoms with Crippen LogP contribution < -0.4 is 5.32 Å². The minimum atomic E-state index is -0.879. The molecule has 6 nitrogen and oxygen atoms in total. The van der Waals surface area contributed by atoms with Gasteiger partial charge < -0.3 is 14.8 Å². The summed E-state index contributed by atoms with van der Waals surface area (Å²) in [5.74, 6) is 0.0792. The lowest BCUT2D eigenvalue weighted by Crippen LogP contribution is -2.28. The van der Waals surface area contributed by atoms with E-state index in [1.807, 2.05) is 25.1 Å². The molecule has 3 aromatic rings. The van der Waals surface area contributed by atoms with Gasteiger partial charge in [-0.1, -0.05) is 11.6 Å². The predicted molar refractivity (Wildman–Crippen MR) is 76.8 cm³/mol. The average Bonchev–Trinajstić information content (AvgIpc) is 3.13. The van der Waals surface area contributed by atoms with E-state index in [1.54, 1.807) is 12.1 Å². The quantitative estimate of drug-likeness (QED) is 0.683. The third-order valence-electron chi connectivity index (χ3n) is 3.26. The number of aromatic amines is 1. The molecule has 21 heavy (non-hydrogen) atoms. The van der Waals surface area contributed by atoms with Crippen LogP contribution in [0.15, 0.2) is 41.0 Å². The Hall–Kier alpha value is -2.60. The monoisotopic (exact) mass is 285 g/mol. The van der Waals surface area contributed by atoms with Crippen molar-refractivity contribution >= 4 is 16.8 Å². The molecule has 3 rings (SSSR count). The fourth-order valence-electron chi connectivity index (χ4n) is 2.16. The summed E-state index contributed by atoms with van der Waals surface area (Å²) in [5, 5.41) is 20.1. The molecule has 108 valence electrons. The lowest BCUT2D eigenvalue weighted by molar-refractivity contribution is 0.0898. The highest BCUT2D eigenvalue weighted by Gasteiger charge is 2.17. The Labute approximate surface area is 120 Å². The summed E-state index contributed by atoms with van der Waals surface area (Å²) in [4.78, 5) is 12.2. The van der Waals surface area contributed by atoms with Crippen LogP contribution in [0.5, 0.6) is 0 Å². The van der Waals surface area contributed by atoms with Crippen molar-refractivity contribution in [2.24, 2.45) is 0 Å². The minimum absolute atomic E-state index is 0.0620. The molecule has 1 amide bonds. The third-order valence-corrected chi connectivity index (χ3v) is 3.26. The van der Waals surface area contributed by atoms with E-state index in [-0.39, 0.29) is 12.5 Å². The Morgan fingerprint density at radius 3 is 3.10 bits per heavy atom. The van der Waals surface area contributed by atoms with Crippen LogP contribution in [0.1, 0.15) is 27.9 Å². The summed E-state index contributed by atoms with van der Waals surface area (Å²) < 4.78 is 5.08. The first-order valence-electron chi connectivity index (χ1n) is 6.59. The molecule has 0 saturated carbocycles. The second-order valence-corrected chi connectivity index (χ2v) is 4.86. The van der Waals surface area contributed by atoms with E-state index < -0.39 is 6.10 Å². The molecule has 0 aliphatic rings. The highest BCUT2D eigenvalue weighted by molar-refractivity contribution is 6.04. The van der Waals surface area contributed by atoms with Gasteiger partial charge in [0, 0.05) is 5.39 Å². The van der Waals surface area contributed by atoms with Gasteiger partial charge in [0.2, 0.25) is 0 Å². The first-order chi connectivity index (χ1) is 10.1. The minimum Gasteiger partial charge on any atom is -0.467 e. The summed E-state index contributed by atoms with van der Waals surface area (Å²) in [5.41, 5.74) is 2.17. The Morgan fingerprint density at radius 2 is 2.33 bits per heavy atom. The SMILES string of the molecule is Cc1ccc2[nH]nc(C(=O)NCC(O)c3ccco3)c2c1. The summed E-state index contributed by atoms with van der Waals surface area (Å²) in [6.45, 7) is 2.02. The maximum Gasteiger partial charge on any atom is 0.272 e. The number of hydrogen-bond acceptors (Lipinski definition) is 4. The number of aryl methyl sites for hydroxylation is 1. The molecule has 0 aliphatic heterocycles. The highest BCUT2D eigenvalue weighted by atomic mass is 16.4. The number of carbonyl (C=O) groups excluding carboxylic acids is 1. The van der Waals surface area contributed by atoms with Gasteiger partial charge >= 0.3 is 0 Å². The first kappa shape index (κ1) is 13.4. The maximum atomic E-state index is 12.2. The number of furan rings is 1. The van der Waals surface area contributed by atoms with E-state index in [0.29, 0.717) is 11.5 Å². The number of carbonyl (C=O) groups is 1. The Kier molecular flexibility index (Phi) is 3.45. The number of hydrogen-bond donors (Lipinski definition) is 3. The maximum absolute atomic E-state index is 12.2. The van der Waals surface area contributed by atoms with Crippen molar-refractivity contribution in [2.45, 2.75) is 13.0 Å². The van der Waals surface area contributed by atoms with Gasteiger partial charge in [0.1, 0.15) is 11.9 Å². The standard InChI is InChI=1S/C15H15N3O3/c1-9-4-5-11-10(7-9)14(18-17-11)15(20)16-8-12(19)13-3-2-6-21-13/h2-7,12,19H,8H2,1H3,(H,16,20)(H,17,18). The van der Waals surface area contributed by atoms with Gasteiger partial charge in [-0.05, 0) is 31.2 Å². The molecule has 6 heteroatoms. The fourth-order valence-corrected chi connectivity index (χ4v) is 2.16. The van der Waals surface area contributed by atoms with E-state index >= 15 is 0 Å². The van der Waals surface area contributed by atoms with Crippen molar-refractivity contribution in [3.05, 3.63) is 53.6 Å². The molecule has 3 N–H and O–H groups in total. The molecule has 2 heterocycles. The Morgan fingerprint density at radius 1 is 1.48 bits per heavy atom. The van der Waals surface area contributed by atoms with E-state index in [9.17, 15) is 9.90 Å². The lowest BCUT2D eigenvalue weighted by atomic mass is 10.1. The van der Waals surface area contributed by atoms with Gasteiger partial charge in [-0.2, -0.15) is 5.10 Å². The van der Waals surface area contributed by atoms with Crippen molar-refractivity contribution in [1.29, 1.82) is 0 Å². The number of nitrogens with zero attached hydrogens (tertiary/aromatic N) is 1. The van der Waals surface area contributed by atoms with Crippen LogP contribution in [-0.2, 0) is 0 Å². The van der Waals surface area contributed by atoms with Crippen LogP contribution in [0.2, 0.25) is 0 Å². The van der Waals surface area contributed by atoms with Crippen LogP contribution in [-0.4, -0.2) is 27.8 Å². The van der Waals surface area contributed by atoms with Crippen LogP contribution >= 0.6 is 0 Å². The zero-order chi connectivity index (χ0) is 14.8. The second kappa shape index (κ2) is 5.41. The molecule has 1 unspecified atom stereocenters. The van der Waals surface area contributed by atoms with Crippen LogP contribution in [0.4, 0.5) is 0 Å². The van der Waals surface area contributed by atoms with Crippen LogP contribution in [0.25, 0.3) is 10.9 Å². The first-order valence-corrected chi connectivity index (χ1v) is 6.59. The van der Waals surface area contributed by atoms with E-state index in [1.165, 1.54) is 6.26 Å². The molecule has 1 aromatic carbocycles. The molecule has 0 fully saturated rings. The molecule has 0 bridgehead atoms. The molecular weight excluding hydrogens is 270 g/mol. The van der Waals surface area contributed by atoms with Gasteiger partial charge in [-0.15, -0.1) is 0 Å². The summed E-state index contributed by atoms with van der Waals surface area (Å²) in [7, 11) is 0. The van der Waals surface area contributed by atoms with Crippen LogP contribution in [0.3, 0.4) is 0 Å². The fraction of sp³-hybridized carbons (Fsp3) is 0.200. The van der Waals surface area contributed by atoms with Gasteiger partial charge in [0.25, 0.3) is 5.91 Å². The highest BCUT2D eigenvalue weighted by Crippen LogP contribution is 2.18. The zero-order valence-corrected chi connectivity index (χ0v) is 11.5. The number of nitrogens with one attached hydrogen (secondary N) is 2. The van der Waals surface area contributed by atoms with Crippen molar-refractivity contribution < 1.29 is 14.3 Å². The molecule has 0 radical (unpaired) electrons. The van der Waals surface area contributed by atoms with Gasteiger partial charge in [0.05, 0.1) is 18.3 Å². The lowest BCUT2D eigenvalue weighted by Gasteiger charge is -2.08. The van der Waals surface area contributed by atoms with E-state index in [2.05, 4.69) is 15.5 Å². The molecule has 1 atom stereocenters. The number of aliphatic hydroxyl groups is 1. The summed E-state index contributed by atoms with van der Waals surface area (Å²) in [6.07, 6.45) is 0.598. The largest absolute Gasteiger partial charge is 0.467 e. The third kappa shape index (κ3) is 2.66. The summed E-state index contributed by atoms with van der Waals surface area (Å²) in [6, 6.07) is 9.07. The predicted octanol–water partition coefficient (Wildman–Crippen LogP) is 1.93. The number of aliphatic hydroxyl groups excluding tert-OH is 1. The topological polar surface area (TPSA) is 91.2 Å². The second-order valence-electron chi connectivity index (χ2n) is 4.86. The van der Waals surface area contributed by atoms with Crippen molar-refractivity contribution in [1.82, 2.24) is 15.5 Å². The van der Waals surface area contributed by atoms with E-state index in [4.69, 9.17) is 4.42 Å². The molecule has 0 spiro atoms. The molecule has 2 aromatic heterocycles. The zero-order valence-electron chi connectivity index (χ0n) is 11.5. The van der Waals surface area contributed by atoms with Gasteiger partial charge in [0.15, 0.2) is 5.69 Å². The Bertz CT molecular complexity index is 762. The van der Waals surface area contributed by atoms with Crippen molar-refractivity contribution in [3.63, 3.8) is 0 Å². The smallest absolute Gasteiger partial charge is 0.272 e. The molecule has 0 saturated heterocycles. The number of H-pyrrole nitrogens is 1. The van der Waals surface area contributed by atoms with E-state index in [0.717, 1.165) is 16.5 Å². The number of fused-ring (bicyclic) bond motifs is 1. The number of rotatable bonds is 4. The molecular formula is C15H15N3O3. The number of amides is 1.